The van der Waals surface area contributed by atoms with Crippen LogP contribution in [0.5, 0.6) is 0 Å². The molecule has 1 saturated heterocycles. The molecule has 1 aliphatic carbocycles. The number of nitrogens with zero attached hydrogens (tertiary/aromatic N) is 5. The second-order valence-corrected chi connectivity index (χ2v) is 13.2. The lowest BCUT2D eigenvalue weighted by molar-refractivity contribution is -0.141. The molecule has 3 aromatic heterocycles. The Balaban J connectivity index is 1.33. The molecule has 3 aliphatic rings. The molecule has 0 radical (unpaired) electrons. The zero-order chi connectivity index (χ0) is 31.3. The number of ether oxygens (including phenoxy) is 1. The highest BCUT2D eigenvalue weighted by Gasteiger charge is 2.65. The molecule has 2 N–H and O–H groups in total. The fourth-order valence-corrected chi connectivity index (χ4v) is 7.81. The van der Waals surface area contributed by atoms with Gasteiger partial charge < -0.3 is 19.5 Å². The van der Waals surface area contributed by atoms with Gasteiger partial charge in [-0.25, -0.2) is 9.50 Å². The van der Waals surface area contributed by atoms with Crippen molar-refractivity contribution in [3.05, 3.63) is 53.6 Å². The van der Waals surface area contributed by atoms with Crippen LogP contribution in [0.3, 0.4) is 0 Å². The van der Waals surface area contributed by atoms with Gasteiger partial charge in [-0.05, 0) is 82.2 Å². The summed E-state index contributed by atoms with van der Waals surface area (Å²) in [5.74, 6) is -0.205. The summed E-state index contributed by atoms with van der Waals surface area (Å²) < 4.78 is 12.3. The Morgan fingerprint density at radius 1 is 1.16 bits per heavy atom. The number of Topliss-reactive ketones (excluding diaryl/α,β-unsaturated/α-hetero) is 1. The van der Waals surface area contributed by atoms with Gasteiger partial charge in [0.25, 0.3) is 5.91 Å². The molecule has 2 amide bonds. The molecule has 0 bridgehead atoms. The first-order valence-corrected chi connectivity index (χ1v) is 16.6. The first kappa shape index (κ1) is 30.1. The summed E-state index contributed by atoms with van der Waals surface area (Å²) in [6, 6.07) is 5.52. The maximum absolute atomic E-state index is 14.3. The number of carbonyl (C=O) groups excluding carboxylic acids is 3. The van der Waals surface area contributed by atoms with Crippen LogP contribution < -0.4 is 9.66 Å². The highest BCUT2D eigenvalue weighted by Crippen LogP contribution is 2.57. The number of aryl methyl sites for hydroxylation is 1. The number of aromatic nitrogens is 4. The highest BCUT2D eigenvalue weighted by atomic mass is 79.9. The molecule has 3 atom stereocenters. The smallest absolute Gasteiger partial charge is 0.252 e. The van der Waals surface area contributed by atoms with E-state index in [1.54, 1.807) is 17.6 Å². The Hall–Kier alpha value is -3.61. The number of fused-ring (bicyclic) bond motifs is 1. The number of ketones is 1. The van der Waals surface area contributed by atoms with Gasteiger partial charge in [0.05, 0.1) is 17.8 Å². The summed E-state index contributed by atoms with van der Waals surface area (Å²) in [6.07, 6.45) is 10.9. The normalized spacial score (nSPS) is 24.3. The number of rotatable bonds is 3. The minimum atomic E-state index is -0.556. The Labute approximate surface area is 270 Å². The molecular weight excluding hydrogens is 638 g/mol. The number of benzene rings is 1. The molecule has 1 saturated carbocycles. The van der Waals surface area contributed by atoms with Crippen molar-refractivity contribution in [2.45, 2.75) is 77.0 Å². The lowest BCUT2D eigenvalue weighted by atomic mass is 9.99. The predicted molar refractivity (Wildman–Crippen MR) is 173 cm³/mol. The number of amides is 2. The van der Waals surface area contributed by atoms with Crippen LogP contribution in [0, 0.1) is 12.8 Å². The van der Waals surface area contributed by atoms with Crippen molar-refractivity contribution in [2.75, 3.05) is 19.8 Å². The van der Waals surface area contributed by atoms with E-state index in [1.807, 2.05) is 40.9 Å². The van der Waals surface area contributed by atoms with Crippen molar-refractivity contribution < 1.29 is 19.1 Å². The van der Waals surface area contributed by atoms with E-state index < -0.39 is 6.04 Å². The van der Waals surface area contributed by atoms with Crippen molar-refractivity contribution in [1.82, 2.24) is 33.7 Å². The minimum absolute atomic E-state index is 0.0254. The summed E-state index contributed by atoms with van der Waals surface area (Å²) in [7, 11) is 0. The molecule has 5 heterocycles. The summed E-state index contributed by atoms with van der Waals surface area (Å²) >= 11 is 3.10. The third-order valence-electron chi connectivity index (χ3n) is 9.79. The molecule has 45 heavy (non-hydrogen) atoms. The maximum Gasteiger partial charge on any atom is 0.252 e. The molecule has 4 aromatic rings. The van der Waals surface area contributed by atoms with E-state index in [9.17, 15) is 14.4 Å². The summed E-state index contributed by atoms with van der Waals surface area (Å²) in [5, 5.41) is 8.93. The van der Waals surface area contributed by atoms with Crippen LogP contribution in [0.25, 0.3) is 27.7 Å². The lowest BCUT2D eigenvalue weighted by Crippen LogP contribution is -2.50. The van der Waals surface area contributed by atoms with Crippen molar-refractivity contribution in [2.24, 2.45) is 5.92 Å². The standard InChI is InChI=1S/C33H38BrN7O4/c1-20-10-29-36-15-24(16-40(29)38-20)22-11-23-14-35-8-4-3-5-9-45-19-25-13-33(25)7-6-28(32(44)37-34)41(33)30(43)18-39-17-27(21(2)42)26(12-22)31(23)39/h10-12,15-17,25,28,35H,3-9,13-14,18-19H2,1-2H3,(H,37,44)/t25?,28-,33?/m0/s1. The van der Waals surface area contributed by atoms with Crippen LogP contribution in [-0.4, -0.2) is 73.0 Å². The van der Waals surface area contributed by atoms with Gasteiger partial charge in [-0.2, -0.15) is 5.10 Å². The van der Waals surface area contributed by atoms with Crippen molar-refractivity contribution in [3.63, 3.8) is 0 Å². The van der Waals surface area contributed by atoms with E-state index in [0.717, 1.165) is 77.6 Å². The Bertz CT molecular complexity index is 1820. The molecule has 7 rings (SSSR count). The Morgan fingerprint density at radius 3 is 2.84 bits per heavy atom. The van der Waals surface area contributed by atoms with Gasteiger partial charge in [-0.15, -0.1) is 0 Å². The zero-order valence-electron chi connectivity index (χ0n) is 25.6. The number of hydrogen-bond acceptors (Lipinski definition) is 7. The van der Waals surface area contributed by atoms with Crippen molar-refractivity contribution in [3.8, 4) is 11.1 Å². The second-order valence-electron chi connectivity index (χ2n) is 12.8. The Morgan fingerprint density at radius 2 is 2.02 bits per heavy atom. The average Bonchev–Trinajstić information content (AvgIpc) is 3.27. The average molecular weight is 677 g/mol. The summed E-state index contributed by atoms with van der Waals surface area (Å²) in [6.45, 7) is 6.22. The molecule has 12 heteroatoms. The largest absolute Gasteiger partial charge is 0.381 e. The molecule has 2 aliphatic heterocycles. The van der Waals surface area contributed by atoms with Gasteiger partial charge >= 0.3 is 0 Å². The molecule has 236 valence electrons. The van der Waals surface area contributed by atoms with Crippen LogP contribution in [0.4, 0.5) is 0 Å². The number of carbonyl (C=O) groups is 3. The topological polar surface area (TPSA) is 123 Å². The van der Waals surface area contributed by atoms with E-state index in [-0.39, 0.29) is 35.6 Å². The van der Waals surface area contributed by atoms with Gasteiger partial charge in [-0.1, -0.05) is 0 Å². The maximum atomic E-state index is 14.3. The molecule has 2 unspecified atom stereocenters. The van der Waals surface area contributed by atoms with E-state index >= 15 is 0 Å². The zero-order valence-corrected chi connectivity index (χ0v) is 27.2. The van der Waals surface area contributed by atoms with E-state index in [4.69, 9.17) is 4.74 Å². The van der Waals surface area contributed by atoms with Crippen molar-refractivity contribution in [1.29, 1.82) is 0 Å². The summed E-state index contributed by atoms with van der Waals surface area (Å²) in [5.41, 5.74) is 5.49. The fraction of sp³-hybridized carbons (Fsp3) is 0.485. The van der Waals surface area contributed by atoms with Gasteiger partial charge in [0.15, 0.2) is 11.4 Å². The lowest BCUT2D eigenvalue weighted by Gasteiger charge is -2.31. The fourth-order valence-electron chi connectivity index (χ4n) is 7.54. The van der Waals surface area contributed by atoms with Gasteiger partial charge in [0.1, 0.15) is 12.6 Å². The molecule has 11 nitrogen and oxygen atoms in total. The van der Waals surface area contributed by atoms with Crippen LogP contribution >= 0.6 is 16.1 Å². The third-order valence-corrected chi connectivity index (χ3v) is 10.2. The monoisotopic (exact) mass is 675 g/mol. The van der Waals surface area contributed by atoms with Crippen molar-refractivity contribution >= 4 is 50.3 Å². The van der Waals surface area contributed by atoms with Crippen LogP contribution in [0.15, 0.2) is 36.8 Å². The molecular formula is C33H38BrN7O4. The van der Waals surface area contributed by atoms with Crippen LogP contribution in [0.1, 0.15) is 67.1 Å². The number of halogens is 1. The molecule has 1 spiro atoms. The van der Waals surface area contributed by atoms with E-state index in [2.05, 4.69) is 42.0 Å². The molecule has 1 aromatic carbocycles. The predicted octanol–water partition coefficient (Wildman–Crippen LogP) is 4.33. The first-order valence-electron chi connectivity index (χ1n) is 15.8. The first-order chi connectivity index (χ1) is 21.8. The van der Waals surface area contributed by atoms with Crippen LogP contribution in [-0.2, 0) is 27.4 Å². The van der Waals surface area contributed by atoms with E-state index in [0.29, 0.717) is 31.7 Å². The number of hydrogen-bond donors (Lipinski definition) is 2. The second kappa shape index (κ2) is 12.0. The highest BCUT2D eigenvalue weighted by molar-refractivity contribution is 9.08. The number of nitrogens with one attached hydrogen (secondary N) is 2. The van der Waals surface area contributed by atoms with Gasteiger partial charge in [-0.3, -0.25) is 18.7 Å². The van der Waals surface area contributed by atoms with Crippen LogP contribution in [0.2, 0.25) is 0 Å². The third kappa shape index (κ3) is 5.46. The van der Waals surface area contributed by atoms with Gasteiger partial charge in [0, 0.05) is 81.9 Å². The van der Waals surface area contributed by atoms with Gasteiger partial charge in [0.2, 0.25) is 5.91 Å². The van der Waals surface area contributed by atoms with E-state index in [1.165, 1.54) is 0 Å². The Kier molecular flexibility index (Phi) is 7.99. The molecule has 2 fully saturated rings. The SMILES string of the molecule is CC(=O)c1cn2c3c(cc(-c4cnc5cc(C)nn5c4)cc13)CNCCCCCOCC1CC13CC[C@@H](C(=O)NBr)N3C(=O)C2. The summed E-state index contributed by atoms with van der Waals surface area (Å²) in [4.78, 5) is 46.7. The minimum Gasteiger partial charge on any atom is -0.381 e. The quantitative estimate of drug-likeness (QED) is 0.245.